The number of ether oxygens (including phenoxy) is 1. The second kappa shape index (κ2) is 20.2. The number of halogens is 2. The van der Waals surface area contributed by atoms with E-state index in [-0.39, 0.29) is 11.3 Å². The fourth-order valence-electron chi connectivity index (χ4n) is 3.19. The zero-order chi connectivity index (χ0) is 28.2. The van der Waals surface area contributed by atoms with Crippen LogP contribution in [-0.4, -0.2) is 37.7 Å². The van der Waals surface area contributed by atoms with Gasteiger partial charge < -0.3 is 20.9 Å². The van der Waals surface area contributed by atoms with Gasteiger partial charge in [0.2, 0.25) is 0 Å². The third-order valence-corrected chi connectivity index (χ3v) is 4.94. The Kier molecular flexibility index (Phi) is 20.3. The summed E-state index contributed by atoms with van der Waals surface area (Å²) in [6.07, 6.45) is 10.1. The molecule has 6 heteroatoms. The highest BCUT2D eigenvalue weighted by Crippen LogP contribution is 2.50. The normalized spacial score (nSPS) is 19.8. The zero-order valence-corrected chi connectivity index (χ0v) is 24.4. The minimum absolute atomic E-state index is 0.119. The summed E-state index contributed by atoms with van der Waals surface area (Å²) in [5.74, 6) is -1.38. The van der Waals surface area contributed by atoms with Gasteiger partial charge in [-0.15, -0.1) is 0 Å². The molecule has 1 aromatic carbocycles. The van der Waals surface area contributed by atoms with Gasteiger partial charge in [-0.3, -0.25) is 0 Å². The summed E-state index contributed by atoms with van der Waals surface area (Å²) < 4.78 is 32.1. The summed E-state index contributed by atoms with van der Waals surface area (Å²) in [5, 5.41) is 18.0. The molecule has 1 aliphatic heterocycles. The van der Waals surface area contributed by atoms with Gasteiger partial charge in [-0.05, 0) is 49.1 Å². The molecule has 0 radical (unpaired) electrons. The van der Waals surface area contributed by atoms with Crippen LogP contribution in [0.3, 0.4) is 0 Å². The van der Waals surface area contributed by atoms with Crippen molar-refractivity contribution < 1.29 is 13.5 Å². The van der Waals surface area contributed by atoms with Crippen molar-refractivity contribution >= 4 is 11.9 Å². The molecule has 0 bridgehead atoms. The van der Waals surface area contributed by atoms with Crippen LogP contribution in [0.1, 0.15) is 100.0 Å². The van der Waals surface area contributed by atoms with Crippen LogP contribution in [0, 0.1) is 33.3 Å². The lowest BCUT2D eigenvalue weighted by molar-refractivity contribution is 0.111. The first kappa shape index (κ1) is 36.2. The first-order valence-electron chi connectivity index (χ1n) is 13.5. The maximum atomic E-state index is 13.3. The van der Waals surface area contributed by atoms with Gasteiger partial charge >= 0.3 is 0 Å². The number of hydrogen-bond donors (Lipinski definition) is 3. The van der Waals surface area contributed by atoms with Crippen molar-refractivity contribution in [1.82, 2.24) is 5.32 Å². The van der Waals surface area contributed by atoms with Gasteiger partial charge in [0.25, 0.3) is 0 Å². The molecule has 1 saturated heterocycles. The number of rotatable bonds is 7. The van der Waals surface area contributed by atoms with Crippen LogP contribution in [0.4, 0.5) is 8.78 Å². The van der Waals surface area contributed by atoms with Crippen LogP contribution in [0.5, 0.6) is 0 Å². The highest BCUT2D eigenvalue weighted by Gasteiger charge is 2.54. The Hall–Kier alpha value is -1.92. The Morgan fingerprint density at radius 2 is 1.69 bits per heavy atom. The van der Waals surface area contributed by atoms with E-state index in [1.165, 1.54) is 18.4 Å². The first-order chi connectivity index (χ1) is 17.0. The van der Waals surface area contributed by atoms with Gasteiger partial charge in [-0.25, -0.2) is 8.78 Å². The predicted octanol–water partition coefficient (Wildman–Crippen LogP) is 8.59. The molecular weight excluding hydrogens is 456 g/mol. The topological polar surface area (TPSA) is 69.0 Å². The van der Waals surface area contributed by atoms with Crippen LogP contribution in [0.15, 0.2) is 30.4 Å². The molecule has 3 N–H and O–H groups in total. The number of hydrogen-bond acceptors (Lipinski definition) is 4. The van der Waals surface area contributed by atoms with Gasteiger partial charge in [0.1, 0.15) is 11.6 Å². The summed E-state index contributed by atoms with van der Waals surface area (Å²) in [5.41, 5.74) is 0.431. The van der Waals surface area contributed by atoms with E-state index >= 15 is 0 Å². The van der Waals surface area contributed by atoms with Crippen LogP contribution >= 0.6 is 0 Å². The van der Waals surface area contributed by atoms with Crippen molar-refractivity contribution in [1.29, 1.82) is 10.8 Å². The highest BCUT2D eigenvalue weighted by atomic mass is 19.1. The Balaban J connectivity index is 0. The van der Waals surface area contributed by atoms with Crippen molar-refractivity contribution in [3.8, 4) is 0 Å². The summed E-state index contributed by atoms with van der Waals surface area (Å²) in [6.45, 7) is 21.7. The van der Waals surface area contributed by atoms with Gasteiger partial charge in [0.05, 0.1) is 24.0 Å². The fourth-order valence-corrected chi connectivity index (χ4v) is 3.19. The Morgan fingerprint density at radius 3 is 2.19 bits per heavy atom. The quantitative estimate of drug-likeness (QED) is 0.254. The first-order valence-corrected chi connectivity index (χ1v) is 13.5. The van der Waals surface area contributed by atoms with Crippen molar-refractivity contribution in [3.05, 3.63) is 47.5 Å². The summed E-state index contributed by atoms with van der Waals surface area (Å²) in [4.78, 5) is 0. The summed E-state index contributed by atoms with van der Waals surface area (Å²) in [7, 11) is 0. The number of unbranched alkanes of at least 4 members (excludes halogenated alkanes) is 2. The molecule has 0 aromatic heterocycles. The van der Waals surface area contributed by atoms with Gasteiger partial charge in [-0.2, -0.15) is 0 Å². The molecule has 0 spiro atoms. The molecule has 2 atom stereocenters. The number of fused-ring (bicyclic) bond motifs is 1. The SMILES string of the molecule is CC.CC.CC(C)(C)C.CCCC/C=C/C(=N)c1c(F)cccc1F.N=CCC12CNCCOC1C2. The molecule has 0 amide bonds. The largest absolute Gasteiger partial charge is 0.376 e. The Labute approximate surface area is 220 Å². The Bertz CT molecular complexity index is 733. The minimum atomic E-state index is -0.690. The maximum Gasteiger partial charge on any atom is 0.135 e. The molecule has 36 heavy (non-hydrogen) atoms. The van der Waals surface area contributed by atoms with E-state index in [9.17, 15) is 8.78 Å². The second-order valence-corrected chi connectivity index (χ2v) is 10.1. The van der Waals surface area contributed by atoms with Crippen LogP contribution < -0.4 is 5.32 Å². The number of allylic oxidation sites excluding steroid dienone is 2. The highest BCUT2D eigenvalue weighted by molar-refractivity contribution is 6.06. The average Bonchev–Trinajstić information content (AvgIpc) is 3.53. The van der Waals surface area contributed by atoms with Crippen LogP contribution in [0.25, 0.3) is 0 Å². The second-order valence-electron chi connectivity index (χ2n) is 10.1. The lowest BCUT2D eigenvalue weighted by atomic mass is 10.0. The summed E-state index contributed by atoms with van der Waals surface area (Å²) in [6, 6.07) is 3.61. The van der Waals surface area contributed by atoms with Gasteiger partial charge in [0.15, 0.2) is 0 Å². The lowest BCUT2D eigenvalue weighted by Crippen LogP contribution is -2.25. The molecule has 1 saturated carbocycles. The van der Waals surface area contributed by atoms with Crippen molar-refractivity contribution in [2.75, 3.05) is 19.7 Å². The fraction of sp³-hybridized carbons (Fsp3) is 0.667. The zero-order valence-electron chi connectivity index (χ0n) is 24.4. The average molecular weight is 510 g/mol. The lowest BCUT2D eigenvalue weighted by Gasteiger charge is -2.10. The van der Waals surface area contributed by atoms with Crippen LogP contribution in [-0.2, 0) is 4.74 Å². The third-order valence-electron chi connectivity index (χ3n) is 4.94. The van der Waals surface area contributed by atoms with E-state index in [4.69, 9.17) is 15.6 Å². The molecule has 1 aromatic rings. The molecule has 1 heterocycles. The minimum Gasteiger partial charge on any atom is -0.376 e. The molecule has 208 valence electrons. The monoisotopic (exact) mass is 509 g/mol. The van der Waals surface area contributed by atoms with E-state index in [1.807, 2.05) is 27.7 Å². The van der Waals surface area contributed by atoms with Gasteiger partial charge in [-0.1, -0.05) is 87.3 Å². The van der Waals surface area contributed by atoms with E-state index in [1.54, 1.807) is 6.08 Å². The van der Waals surface area contributed by atoms with Gasteiger partial charge in [0, 0.05) is 18.5 Å². The van der Waals surface area contributed by atoms with Crippen LogP contribution in [0.2, 0.25) is 0 Å². The smallest absolute Gasteiger partial charge is 0.135 e. The molecular formula is C30H53F2N3O. The number of nitrogens with one attached hydrogen (secondary N) is 3. The van der Waals surface area contributed by atoms with E-state index in [0.717, 1.165) is 63.9 Å². The standard InChI is InChI=1S/C13H15F2N.C8H14N2O.C5H12.2C2H6/c1-2-3-4-5-9-12(16)13-10(14)7-6-8-11(13)15;9-2-1-8-5-7(8)11-4-3-10-6-8;1-5(2,3)4;2*1-2/h5-9,16H,2-4H2,1H3;2,7,9-10H,1,3-6H2;1-4H3;2*1-2H3/b9-5+,16-12?;;;;. The van der Waals surface area contributed by atoms with Crippen molar-refractivity contribution in [2.24, 2.45) is 10.8 Å². The molecule has 4 nitrogen and oxygen atoms in total. The maximum absolute atomic E-state index is 13.3. The van der Waals surface area contributed by atoms with Crippen molar-refractivity contribution in [3.63, 3.8) is 0 Å². The molecule has 2 fully saturated rings. The Morgan fingerprint density at radius 1 is 1.14 bits per heavy atom. The van der Waals surface area contributed by atoms with E-state index < -0.39 is 11.6 Å². The van der Waals surface area contributed by atoms with E-state index in [0.29, 0.717) is 16.9 Å². The summed E-state index contributed by atoms with van der Waals surface area (Å²) >= 11 is 0. The number of benzene rings is 1. The van der Waals surface area contributed by atoms with Crippen molar-refractivity contribution in [2.45, 2.75) is 101 Å². The third kappa shape index (κ3) is 15.9. The molecule has 3 rings (SSSR count). The predicted molar refractivity (Wildman–Crippen MR) is 153 cm³/mol. The van der Waals surface area contributed by atoms with E-state index in [2.05, 4.69) is 39.9 Å². The molecule has 1 aliphatic carbocycles. The molecule has 2 aliphatic rings. The molecule has 2 unspecified atom stereocenters.